The number of nitrogens with zero attached hydrogens (tertiary/aromatic N) is 2. The highest BCUT2D eigenvalue weighted by molar-refractivity contribution is 5.85. The molecule has 1 aromatic rings. The first-order chi connectivity index (χ1) is 11.3. The number of rotatable bonds is 5. The molecule has 1 aromatic carbocycles. The Kier molecular flexibility index (Phi) is 4.54. The van der Waals surface area contributed by atoms with Crippen LogP contribution in [0.3, 0.4) is 0 Å². The van der Waals surface area contributed by atoms with E-state index in [-0.39, 0.29) is 5.92 Å². The number of nitrogens with one attached hydrogen (secondary N) is 2. The van der Waals surface area contributed by atoms with E-state index in [1.165, 1.54) is 6.07 Å². The largest absolute Gasteiger partial charge is 0.416 e. The summed E-state index contributed by atoms with van der Waals surface area (Å²) >= 11 is 0. The minimum atomic E-state index is -4.35. The summed E-state index contributed by atoms with van der Waals surface area (Å²) in [6.45, 7) is 4.68. The average Bonchev–Trinajstić information content (AvgIpc) is 3.30. The normalized spacial score (nSPS) is 18.5. The summed E-state index contributed by atoms with van der Waals surface area (Å²) in [5.74, 6) is 1.21. The van der Waals surface area contributed by atoms with Gasteiger partial charge in [0.05, 0.1) is 24.0 Å². The van der Waals surface area contributed by atoms with Crippen LogP contribution in [-0.4, -0.2) is 23.4 Å². The third kappa shape index (κ3) is 4.08. The number of benzene rings is 1. The molecule has 0 amide bonds. The molecule has 1 aliphatic heterocycles. The number of anilines is 1. The first-order valence-electron chi connectivity index (χ1n) is 8.07. The fourth-order valence-electron chi connectivity index (χ4n) is 2.54. The van der Waals surface area contributed by atoms with Gasteiger partial charge in [0.1, 0.15) is 5.84 Å². The van der Waals surface area contributed by atoms with Crippen molar-refractivity contribution >= 4 is 11.5 Å². The van der Waals surface area contributed by atoms with Crippen LogP contribution in [0.15, 0.2) is 41.2 Å². The third-order valence-electron chi connectivity index (χ3n) is 3.88. The van der Waals surface area contributed by atoms with Crippen LogP contribution in [0.5, 0.6) is 0 Å². The summed E-state index contributed by atoms with van der Waals surface area (Å²) in [6, 6.07) is 5.67. The minimum Gasteiger partial charge on any atom is -0.356 e. The fraction of sp³-hybridized carbons (Fsp3) is 0.471. The summed E-state index contributed by atoms with van der Waals surface area (Å²) in [5.41, 5.74) is 3.92. The van der Waals surface area contributed by atoms with E-state index in [0.717, 1.165) is 36.5 Å². The maximum absolute atomic E-state index is 12.8. The molecule has 3 rings (SSSR count). The quantitative estimate of drug-likeness (QED) is 0.853. The predicted molar refractivity (Wildman–Crippen MR) is 88.3 cm³/mol. The molecule has 1 fully saturated rings. The zero-order valence-electron chi connectivity index (χ0n) is 13.7. The molecule has 1 aliphatic carbocycles. The van der Waals surface area contributed by atoms with Gasteiger partial charge in [-0.1, -0.05) is 19.9 Å². The van der Waals surface area contributed by atoms with Gasteiger partial charge in [0.15, 0.2) is 0 Å². The van der Waals surface area contributed by atoms with Crippen LogP contribution < -0.4 is 10.7 Å². The van der Waals surface area contributed by atoms with Crippen LogP contribution in [0.25, 0.3) is 0 Å². The lowest BCUT2D eigenvalue weighted by atomic mass is 10.1. The van der Waals surface area contributed by atoms with Gasteiger partial charge in [0, 0.05) is 17.6 Å². The van der Waals surface area contributed by atoms with E-state index in [2.05, 4.69) is 29.6 Å². The number of halogens is 3. The van der Waals surface area contributed by atoms with E-state index in [1.54, 1.807) is 12.3 Å². The smallest absolute Gasteiger partial charge is 0.356 e. The van der Waals surface area contributed by atoms with Gasteiger partial charge in [-0.05, 0) is 31.0 Å². The van der Waals surface area contributed by atoms with Gasteiger partial charge < -0.3 is 5.32 Å². The Labute approximate surface area is 139 Å². The molecule has 0 aromatic heterocycles. The molecule has 2 N–H and O–H groups in total. The second kappa shape index (κ2) is 6.47. The van der Waals surface area contributed by atoms with Crippen molar-refractivity contribution in [3.63, 3.8) is 0 Å². The minimum absolute atomic E-state index is 0.266. The Morgan fingerprint density at radius 2 is 2.00 bits per heavy atom. The van der Waals surface area contributed by atoms with E-state index in [0.29, 0.717) is 18.3 Å². The number of hydrogen-bond donors (Lipinski definition) is 2. The lowest BCUT2D eigenvalue weighted by Gasteiger charge is -2.32. The highest BCUT2D eigenvalue weighted by Gasteiger charge is 2.31. The fourth-order valence-corrected chi connectivity index (χ4v) is 2.54. The van der Waals surface area contributed by atoms with Crippen molar-refractivity contribution in [2.24, 2.45) is 10.9 Å². The zero-order chi connectivity index (χ0) is 17.3. The van der Waals surface area contributed by atoms with Crippen LogP contribution in [0.2, 0.25) is 0 Å². The number of aliphatic imine (C=N–C) groups is 1. The summed E-state index contributed by atoms with van der Waals surface area (Å²) in [5, 5.41) is 5.05. The van der Waals surface area contributed by atoms with E-state index >= 15 is 0 Å². The SMILES string of the molecule is CC(C)C1=NC=C(Nc2cccc(C(F)(F)F)c2)CN1NC1CC1. The maximum atomic E-state index is 12.8. The molecule has 1 saturated carbocycles. The molecule has 1 heterocycles. The molecule has 130 valence electrons. The summed E-state index contributed by atoms with van der Waals surface area (Å²) in [7, 11) is 0. The highest BCUT2D eigenvalue weighted by Crippen LogP contribution is 2.31. The second-order valence-electron chi connectivity index (χ2n) is 6.49. The van der Waals surface area contributed by atoms with Crippen molar-refractivity contribution in [2.75, 3.05) is 11.9 Å². The molecule has 0 unspecified atom stereocenters. The van der Waals surface area contributed by atoms with E-state index < -0.39 is 11.7 Å². The monoisotopic (exact) mass is 338 g/mol. The first kappa shape index (κ1) is 16.8. The number of hydrazine groups is 1. The van der Waals surface area contributed by atoms with Crippen LogP contribution in [-0.2, 0) is 6.18 Å². The number of alkyl halides is 3. The molecular weight excluding hydrogens is 317 g/mol. The zero-order valence-corrected chi connectivity index (χ0v) is 13.7. The molecule has 4 nitrogen and oxygen atoms in total. The molecule has 0 bridgehead atoms. The van der Waals surface area contributed by atoms with Gasteiger partial charge in [0.25, 0.3) is 0 Å². The van der Waals surface area contributed by atoms with Crippen LogP contribution >= 0.6 is 0 Å². The summed E-state index contributed by atoms with van der Waals surface area (Å²) in [6.07, 6.45) is -0.369. The lowest BCUT2D eigenvalue weighted by molar-refractivity contribution is -0.137. The Hall–Kier alpha value is -2.02. The van der Waals surface area contributed by atoms with Gasteiger partial charge in [-0.25, -0.2) is 10.4 Å². The van der Waals surface area contributed by atoms with Crippen molar-refractivity contribution in [1.29, 1.82) is 0 Å². The van der Waals surface area contributed by atoms with Crippen LogP contribution in [0.1, 0.15) is 32.3 Å². The molecule has 0 spiro atoms. The first-order valence-corrected chi connectivity index (χ1v) is 8.07. The lowest BCUT2D eigenvalue weighted by Crippen LogP contribution is -2.48. The molecule has 0 atom stereocenters. The average molecular weight is 338 g/mol. The van der Waals surface area contributed by atoms with Gasteiger partial charge in [-0.15, -0.1) is 0 Å². The van der Waals surface area contributed by atoms with Crippen molar-refractivity contribution in [2.45, 2.75) is 38.9 Å². The Balaban J connectivity index is 1.75. The van der Waals surface area contributed by atoms with E-state index in [4.69, 9.17) is 0 Å². The Bertz CT molecular complexity index is 660. The predicted octanol–water partition coefficient (Wildman–Crippen LogP) is 4.00. The van der Waals surface area contributed by atoms with Crippen molar-refractivity contribution < 1.29 is 13.2 Å². The third-order valence-corrected chi connectivity index (χ3v) is 3.88. The van der Waals surface area contributed by atoms with E-state index in [9.17, 15) is 13.2 Å². The van der Waals surface area contributed by atoms with Crippen molar-refractivity contribution in [3.05, 3.63) is 41.7 Å². The molecule has 0 saturated heterocycles. The van der Waals surface area contributed by atoms with Gasteiger partial charge >= 0.3 is 6.18 Å². The molecular formula is C17H21F3N4. The standard InChI is InChI=1S/C17H21F3N4/c1-11(2)16-21-9-15(10-24(16)23-13-6-7-13)22-14-5-3-4-12(8-14)17(18,19)20/h3-5,8-9,11,13,22-23H,6-7,10H2,1-2H3. The van der Waals surface area contributed by atoms with Gasteiger partial charge in [0.2, 0.25) is 0 Å². The maximum Gasteiger partial charge on any atom is 0.416 e. The molecule has 7 heteroatoms. The van der Waals surface area contributed by atoms with Gasteiger partial charge in [-0.3, -0.25) is 5.01 Å². The topological polar surface area (TPSA) is 39.7 Å². The number of hydrogen-bond acceptors (Lipinski definition) is 4. The van der Waals surface area contributed by atoms with Gasteiger partial charge in [-0.2, -0.15) is 13.2 Å². The Morgan fingerprint density at radius 3 is 2.62 bits per heavy atom. The van der Waals surface area contributed by atoms with E-state index in [1.807, 2.05) is 5.01 Å². The van der Waals surface area contributed by atoms with Crippen LogP contribution in [0, 0.1) is 5.92 Å². The highest BCUT2D eigenvalue weighted by atomic mass is 19.4. The number of amidine groups is 1. The summed E-state index contributed by atoms with van der Waals surface area (Å²) in [4.78, 5) is 4.47. The summed E-state index contributed by atoms with van der Waals surface area (Å²) < 4.78 is 38.4. The van der Waals surface area contributed by atoms with Crippen molar-refractivity contribution in [3.8, 4) is 0 Å². The molecule has 0 radical (unpaired) electrons. The van der Waals surface area contributed by atoms with Crippen LogP contribution in [0.4, 0.5) is 18.9 Å². The molecule has 24 heavy (non-hydrogen) atoms. The molecule has 2 aliphatic rings. The second-order valence-corrected chi connectivity index (χ2v) is 6.49. The Morgan fingerprint density at radius 1 is 1.25 bits per heavy atom. The van der Waals surface area contributed by atoms with Crippen molar-refractivity contribution in [1.82, 2.24) is 10.4 Å².